The van der Waals surface area contributed by atoms with E-state index in [1.807, 2.05) is 0 Å². The molecule has 0 bridgehead atoms. The number of carbonyl (C=O) groups is 1. The van der Waals surface area contributed by atoms with Crippen LogP contribution in [0.15, 0.2) is 0 Å². The smallest absolute Gasteiger partial charge is 0.310 e. The predicted octanol–water partition coefficient (Wildman–Crippen LogP) is 0.956. The van der Waals surface area contributed by atoms with Crippen molar-refractivity contribution in [2.45, 2.75) is 25.7 Å². The number of nitrogens with one attached hydrogen (secondary N) is 1. The summed E-state index contributed by atoms with van der Waals surface area (Å²) in [5.41, 5.74) is 0. The number of hydrogen-bond donors (Lipinski definition) is 1. The van der Waals surface area contributed by atoms with Crippen LogP contribution in [-0.4, -0.2) is 38.9 Å². The Morgan fingerprint density at radius 1 is 1.31 bits per heavy atom. The maximum atomic E-state index is 11.7. The van der Waals surface area contributed by atoms with E-state index in [0.717, 1.165) is 52.0 Å². The van der Waals surface area contributed by atoms with Crippen LogP contribution < -0.4 is 5.32 Å². The van der Waals surface area contributed by atoms with E-state index in [9.17, 15) is 4.79 Å². The highest BCUT2D eigenvalue weighted by molar-refractivity contribution is 5.72. The molecular weight excluding hydrogens is 206 g/mol. The van der Waals surface area contributed by atoms with Crippen molar-refractivity contribution in [1.82, 2.24) is 5.32 Å². The molecule has 4 nitrogen and oxygen atoms in total. The summed E-state index contributed by atoms with van der Waals surface area (Å²) < 4.78 is 10.7. The normalized spacial score (nSPS) is 27.6. The number of rotatable bonds is 3. The van der Waals surface area contributed by atoms with E-state index < -0.39 is 0 Å². The molecule has 0 spiro atoms. The van der Waals surface area contributed by atoms with E-state index >= 15 is 0 Å². The van der Waals surface area contributed by atoms with Gasteiger partial charge in [-0.05, 0) is 38.1 Å². The van der Waals surface area contributed by atoms with Gasteiger partial charge in [0.25, 0.3) is 0 Å². The van der Waals surface area contributed by atoms with Crippen LogP contribution in [-0.2, 0) is 14.3 Å². The molecule has 1 atom stereocenters. The topological polar surface area (TPSA) is 47.6 Å². The summed E-state index contributed by atoms with van der Waals surface area (Å²) in [4.78, 5) is 11.7. The minimum absolute atomic E-state index is 0.0151. The average molecular weight is 227 g/mol. The summed E-state index contributed by atoms with van der Waals surface area (Å²) in [6.45, 7) is 4.02. The molecular formula is C12H21NO3. The molecule has 2 fully saturated rings. The average Bonchev–Trinajstić information content (AvgIpc) is 2.38. The van der Waals surface area contributed by atoms with E-state index in [2.05, 4.69) is 5.32 Å². The first-order valence-electron chi connectivity index (χ1n) is 6.31. The van der Waals surface area contributed by atoms with Crippen LogP contribution in [0.3, 0.4) is 0 Å². The second kappa shape index (κ2) is 6.21. The fraction of sp³-hybridized carbons (Fsp3) is 0.917. The second-order valence-corrected chi connectivity index (χ2v) is 4.73. The zero-order valence-electron chi connectivity index (χ0n) is 9.74. The number of ether oxygens (including phenoxy) is 2. The Morgan fingerprint density at radius 2 is 2.12 bits per heavy atom. The number of carbonyl (C=O) groups excluding carboxylic acids is 1. The van der Waals surface area contributed by atoms with Crippen molar-refractivity contribution in [1.29, 1.82) is 0 Å². The molecule has 2 rings (SSSR count). The number of piperidine rings is 1. The molecule has 92 valence electrons. The van der Waals surface area contributed by atoms with Crippen LogP contribution >= 0.6 is 0 Å². The molecule has 0 amide bonds. The van der Waals surface area contributed by atoms with Crippen LogP contribution in [0.4, 0.5) is 0 Å². The molecule has 2 aliphatic rings. The third-order valence-electron chi connectivity index (χ3n) is 3.43. The fourth-order valence-electron chi connectivity index (χ4n) is 2.28. The maximum Gasteiger partial charge on any atom is 0.310 e. The van der Waals surface area contributed by atoms with Gasteiger partial charge in [0.2, 0.25) is 0 Å². The largest absolute Gasteiger partial charge is 0.465 e. The summed E-state index contributed by atoms with van der Waals surface area (Å²) in [7, 11) is 0. The molecule has 0 aromatic rings. The van der Waals surface area contributed by atoms with Gasteiger partial charge in [0.15, 0.2) is 0 Å². The van der Waals surface area contributed by atoms with Gasteiger partial charge < -0.3 is 14.8 Å². The third kappa shape index (κ3) is 3.46. The van der Waals surface area contributed by atoms with Crippen molar-refractivity contribution < 1.29 is 14.3 Å². The molecule has 16 heavy (non-hydrogen) atoms. The zero-order chi connectivity index (χ0) is 11.2. The molecule has 0 aliphatic carbocycles. The van der Waals surface area contributed by atoms with Crippen LogP contribution in [0.25, 0.3) is 0 Å². The highest BCUT2D eigenvalue weighted by Crippen LogP contribution is 2.17. The van der Waals surface area contributed by atoms with Gasteiger partial charge in [-0.25, -0.2) is 0 Å². The zero-order valence-corrected chi connectivity index (χ0v) is 9.74. The van der Waals surface area contributed by atoms with Gasteiger partial charge in [0, 0.05) is 19.8 Å². The highest BCUT2D eigenvalue weighted by Gasteiger charge is 2.23. The van der Waals surface area contributed by atoms with E-state index in [-0.39, 0.29) is 11.9 Å². The summed E-state index contributed by atoms with van der Waals surface area (Å²) in [5.74, 6) is 0.571. The Balaban J connectivity index is 1.65. The SMILES string of the molecule is O=C(OCC1CCOCC1)C1CCCNC1. The molecule has 0 saturated carbocycles. The standard InChI is InChI=1S/C12H21NO3/c14-12(11-2-1-5-13-8-11)16-9-10-3-6-15-7-4-10/h10-11,13H,1-9H2. The summed E-state index contributed by atoms with van der Waals surface area (Å²) in [6.07, 6.45) is 4.10. The van der Waals surface area contributed by atoms with Crippen molar-refractivity contribution in [2.75, 3.05) is 32.9 Å². The van der Waals surface area contributed by atoms with E-state index in [1.165, 1.54) is 0 Å². The first-order valence-corrected chi connectivity index (χ1v) is 6.31. The Labute approximate surface area is 96.7 Å². The Morgan fingerprint density at radius 3 is 2.81 bits per heavy atom. The van der Waals surface area contributed by atoms with Crippen molar-refractivity contribution in [3.05, 3.63) is 0 Å². The predicted molar refractivity (Wildman–Crippen MR) is 60.1 cm³/mol. The quantitative estimate of drug-likeness (QED) is 0.729. The molecule has 2 heterocycles. The van der Waals surface area contributed by atoms with Crippen molar-refractivity contribution in [3.8, 4) is 0 Å². The van der Waals surface area contributed by atoms with Gasteiger partial charge >= 0.3 is 5.97 Å². The molecule has 0 aromatic heterocycles. The lowest BCUT2D eigenvalue weighted by Gasteiger charge is -2.24. The summed E-state index contributed by atoms with van der Waals surface area (Å²) >= 11 is 0. The first-order chi connectivity index (χ1) is 7.86. The highest BCUT2D eigenvalue weighted by atomic mass is 16.5. The molecule has 1 unspecified atom stereocenters. The second-order valence-electron chi connectivity index (χ2n) is 4.73. The Kier molecular flexibility index (Phi) is 4.60. The van der Waals surface area contributed by atoms with Crippen LogP contribution in [0.2, 0.25) is 0 Å². The van der Waals surface area contributed by atoms with Crippen molar-refractivity contribution >= 4 is 5.97 Å². The molecule has 4 heteroatoms. The third-order valence-corrected chi connectivity index (χ3v) is 3.43. The van der Waals surface area contributed by atoms with Crippen molar-refractivity contribution in [3.63, 3.8) is 0 Å². The maximum absolute atomic E-state index is 11.7. The van der Waals surface area contributed by atoms with Crippen LogP contribution in [0, 0.1) is 11.8 Å². The number of hydrogen-bond acceptors (Lipinski definition) is 4. The van der Waals surface area contributed by atoms with Gasteiger partial charge in [-0.15, -0.1) is 0 Å². The van der Waals surface area contributed by atoms with E-state index in [4.69, 9.17) is 9.47 Å². The summed E-state index contributed by atoms with van der Waals surface area (Å²) in [5, 5.41) is 3.23. The number of esters is 1. The molecule has 0 aromatic carbocycles. The minimum Gasteiger partial charge on any atom is -0.465 e. The molecule has 2 saturated heterocycles. The van der Waals surface area contributed by atoms with Gasteiger partial charge in [0.1, 0.15) is 0 Å². The summed E-state index contributed by atoms with van der Waals surface area (Å²) in [6, 6.07) is 0. The van der Waals surface area contributed by atoms with Crippen LogP contribution in [0.5, 0.6) is 0 Å². The van der Waals surface area contributed by atoms with E-state index in [1.54, 1.807) is 0 Å². The lowest BCUT2D eigenvalue weighted by atomic mass is 9.99. The fourth-order valence-corrected chi connectivity index (χ4v) is 2.28. The Bertz CT molecular complexity index is 220. The van der Waals surface area contributed by atoms with E-state index in [0.29, 0.717) is 12.5 Å². The molecule has 0 radical (unpaired) electrons. The monoisotopic (exact) mass is 227 g/mol. The lowest BCUT2D eigenvalue weighted by Crippen LogP contribution is -2.36. The molecule has 2 aliphatic heterocycles. The first kappa shape index (κ1) is 11.9. The minimum atomic E-state index is -0.0151. The lowest BCUT2D eigenvalue weighted by molar-refractivity contribution is -0.151. The van der Waals surface area contributed by atoms with Gasteiger partial charge in [0.05, 0.1) is 12.5 Å². The Hall–Kier alpha value is -0.610. The van der Waals surface area contributed by atoms with Gasteiger partial charge in [-0.3, -0.25) is 4.79 Å². The van der Waals surface area contributed by atoms with Crippen LogP contribution in [0.1, 0.15) is 25.7 Å². The van der Waals surface area contributed by atoms with Gasteiger partial charge in [-0.2, -0.15) is 0 Å². The van der Waals surface area contributed by atoms with Gasteiger partial charge in [-0.1, -0.05) is 0 Å². The molecule has 1 N–H and O–H groups in total. The van der Waals surface area contributed by atoms with Crippen molar-refractivity contribution in [2.24, 2.45) is 11.8 Å².